The minimum absolute atomic E-state index is 0.112. The Kier molecular flexibility index (Phi) is 5.48. The van der Waals surface area contributed by atoms with Gasteiger partial charge in [0.1, 0.15) is 13.2 Å². The van der Waals surface area contributed by atoms with E-state index < -0.39 is 5.60 Å². The molecule has 1 amide bonds. The van der Waals surface area contributed by atoms with Crippen LogP contribution in [-0.4, -0.2) is 57.6 Å². The summed E-state index contributed by atoms with van der Waals surface area (Å²) < 4.78 is 13.1. The second-order valence-corrected chi connectivity index (χ2v) is 8.74. The molecule has 2 aliphatic rings. The molecule has 0 aliphatic carbocycles. The van der Waals surface area contributed by atoms with Crippen molar-refractivity contribution in [3.05, 3.63) is 48.2 Å². The van der Waals surface area contributed by atoms with E-state index in [0.717, 1.165) is 47.7 Å². The van der Waals surface area contributed by atoms with E-state index in [0.29, 0.717) is 32.6 Å². The van der Waals surface area contributed by atoms with E-state index in [-0.39, 0.29) is 5.91 Å². The summed E-state index contributed by atoms with van der Waals surface area (Å²) >= 11 is 0. The predicted octanol–water partition coefficient (Wildman–Crippen LogP) is 2.79. The number of aliphatic hydroxyl groups is 1. The third-order valence-electron chi connectivity index (χ3n) is 6.21. The van der Waals surface area contributed by atoms with Gasteiger partial charge in [0.05, 0.1) is 23.9 Å². The molecule has 2 N–H and O–H groups in total. The molecular formula is C24H28N4O4. The number of aromatic nitrogens is 2. The zero-order valence-corrected chi connectivity index (χ0v) is 18.2. The predicted molar refractivity (Wildman–Crippen MR) is 121 cm³/mol. The number of fused-ring (bicyclic) bond motifs is 2. The van der Waals surface area contributed by atoms with Gasteiger partial charge in [0, 0.05) is 37.6 Å². The first-order valence-corrected chi connectivity index (χ1v) is 11.0. The molecule has 8 heteroatoms. The lowest BCUT2D eigenvalue weighted by molar-refractivity contribution is -0.114. The summed E-state index contributed by atoms with van der Waals surface area (Å²) in [6.45, 7) is 5.53. The van der Waals surface area contributed by atoms with Gasteiger partial charge in [-0.05, 0) is 48.7 Å². The van der Waals surface area contributed by atoms with Gasteiger partial charge in [-0.2, -0.15) is 5.10 Å². The number of likely N-dealkylation sites (tertiary alicyclic amines) is 1. The van der Waals surface area contributed by atoms with Gasteiger partial charge < -0.3 is 19.9 Å². The molecule has 3 heterocycles. The first kappa shape index (κ1) is 20.8. The molecule has 0 radical (unpaired) electrons. The average Bonchev–Trinajstić information content (AvgIpc) is 3.16. The van der Waals surface area contributed by atoms with Crippen LogP contribution in [0.5, 0.6) is 11.5 Å². The summed E-state index contributed by atoms with van der Waals surface area (Å²) in [5.74, 6) is 1.51. The Labute approximate surface area is 186 Å². The number of rotatable bonds is 5. The van der Waals surface area contributed by atoms with Crippen molar-refractivity contribution in [2.75, 3.05) is 31.6 Å². The maximum absolute atomic E-state index is 11.4. The van der Waals surface area contributed by atoms with Gasteiger partial charge in [-0.3, -0.25) is 14.4 Å². The van der Waals surface area contributed by atoms with Gasteiger partial charge in [-0.1, -0.05) is 6.07 Å². The Hall–Kier alpha value is -3.10. The van der Waals surface area contributed by atoms with E-state index in [1.165, 1.54) is 12.5 Å². The fraction of sp³-hybridized carbons (Fsp3) is 0.417. The number of anilines is 1. The monoisotopic (exact) mass is 436 g/mol. The number of benzene rings is 2. The van der Waals surface area contributed by atoms with E-state index >= 15 is 0 Å². The number of hydrogen-bond donors (Lipinski definition) is 2. The van der Waals surface area contributed by atoms with E-state index in [2.05, 4.69) is 27.4 Å². The number of hydrogen-bond acceptors (Lipinski definition) is 6. The van der Waals surface area contributed by atoms with Crippen molar-refractivity contribution >= 4 is 22.5 Å². The molecule has 3 aromatic rings. The lowest BCUT2D eigenvalue weighted by Crippen LogP contribution is -2.46. The third kappa shape index (κ3) is 4.42. The van der Waals surface area contributed by atoms with Gasteiger partial charge in [0.2, 0.25) is 5.91 Å². The van der Waals surface area contributed by atoms with Crippen molar-refractivity contribution in [2.45, 2.75) is 38.5 Å². The molecule has 0 spiro atoms. The second kappa shape index (κ2) is 8.44. The van der Waals surface area contributed by atoms with Gasteiger partial charge >= 0.3 is 0 Å². The number of ether oxygens (including phenoxy) is 2. The Morgan fingerprint density at radius 3 is 2.69 bits per heavy atom. The van der Waals surface area contributed by atoms with Crippen LogP contribution in [0.1, 0.15) is 25.3 Å². The SMILES string of the molecule is CC(=O)Nc1ccc2cnn(CC3(O)CCN(Cc4ccc5c(c4)OCCO5)CC3)c2c1. The van der Waals surface area contributed by atoms with Crippen molar-refractivity contribution in [3.8, 4) is 11.5 Å². The molecule has 32 heavy (non-hydrogen) atoms. The standard InChI is InChI=1S/C24H28N4O4/c1-17(29)26-20-4-3-19-14-25-28(21(19)13-20)16-24(30)6-8-27(9-7-24)15-18-2-5-22-23(12-18)32-11-10-31-22/h2-5,12-14,30H,6-11,15-16H2,1H3,(H,26,29). The minimum atomic E-state index is -0.813. The fourth-order valence-corrected chi connectivity index (χ4v) is 4.49. The Morgan fingerprint density at radius 1 is 1.12 bits per heavy atom. The van der Waals surface area contributed by atoms with Crippen LogP contribution >= 0.6 is 0 Å². The third-order valence-corrected chi connectivity index (χ3v) is 6.21. The summed E-state index contributed by atoms with van der Waals surface area (Å²) in [6, 6.07) is 11.8. The molecular weight excluding hydrogens is 408 g/mol. The van der Waals surface area contributed by atoms with Crippen molar-refractivity contribution in [2.24, 2.45) is 0 Å². The number of carbonyl (C=O) groups excluding carboxylic acids is 1. The average molecular weight is 437 g/mol. The Balaban J connectivity index is 1.23. The largest absolute Gasteiger partial charge is 0.486 e. The maximum Gasteiger partial charge on any atom is 0.221 e. The van der Waals surface area contributed by atoms with Gasteiger partial charge in [0.25, 0.3) is 0 Å². The number of amides is 1. The first-order valence-electron chi connectivity index (χ1n) is 11.0. The highest BCUT2D eigenvalue weighted by molar-refractivity contribution is 5.92. The molecule has 0 bridgehead atoms. The van der Waals surface area contributed by atoms with Crippen LogP contribution < -0.4 is 14.8 Å². The molecule has 0 unspecified atom stereocenters. The molecule has 1 saturated heterocycles. The van der Waals surface area contributed by atoms with Gasteiger partial charge in [-0.15, -0.1) is 0 Å². The number of nitrogens with zero attached hydrogens (tertiary/aromatic N) is 3. The van der Waals surface area contributed by atoms with Crippen LogP contribution in [0.25, 0.3) is 10.9 Å². The smallest absolute Gasteiger partial charge is 0.221 e. The number of piperidine rings is 1. The van der Waals surface area contributed by atoms with Crippen LogP contribution in [0.3, 0.4) is 0 Å². The van der Waals surface area contributed by atoms with Crippen LogP contribution in [0, 0.1) is 0 Å². The van der Waals surface area contributed by atoms with Crippen LogP contribution in [0.2, 0.25) is 0 Å². The van der Waals surface area contributed by atoms with Crippen molar-refractivity contribution in [1.29, 1.82) is 0 Å². The minimum Gasteiger partial charge on any atom is -0.486 e. The molecule has 168 valence electrons. The van der Waals surface area contributed by atoms with Gasteiger partial charge in [0.15, 0.2) is 11.5 Å². The van der Waals surface area contributed by atoms with Crippen molar-refractivity contribution in [3.63, 3.8) is 0 Å². The highest BCUT2D eigenvalue weighted by Gasteiger charge is 2.33. The molecule has 5 rings (SSSR count). The molecule has 1 fully saturated rings. The summed E-state index contributed by atoms with van der Waals surface area (Å²) in [4.78, 5) is 13.7. The summed E-state index contributed by atoms with van der Waals surface area (Å²) in [5, 5.41) is 19.5. The summed E-state index contributed by atoms with van der Waals surface area (Å²) in [7, 11) is 0. The topological polar surface area (TPSA) is 88.9 Å². The first-order chi connectivity index (χ1) is 15.5. The molecule has 2 aliphatic heterocycles. The highest BCUT2D eigenvalue weighted by atomic mass is 16.6. The highest BCUT2D eigenvalue weighted by Crippen LogP contribution is 2.32. The van der Waals surface area contributed by atoms with E-state index in [9.17, 15) is 9.90 Å². The van der Waals surface area contributed by atoms with Crippen molar-refractivity contribution < 1.29 is 19.4 Å². The molecule has 2 aromatic carbocycles. The normalized spacial score (nSPS) is 17.9. The Morgan fingerprint density at radius 2 is 1.91 bits per heavy atom. The van der Waals surface area contributed by atoms with E-state index in [1.54, 1.807) is 6.20 Å². The summed E-state index contributed by atoms with van der Waals surface area (Å²) in [5.41, 5.74) is 2.01. The molecule has 0 saturated carbocycles. The summed E-state index contributed by atoms with van der Waals surface area (Å²) in [6.07, 6.45) is 3.14. The van der Waals surface area contributed by atoms with Gasteiger partial charge in [-0.25, -0.2) is 0 Å². The fourth-order valence-electron chi connectivity index (χ4n) is 4.49. The molecule has 0 atom stereocenters. The van der Waals surface area contributed by atoms with Crippen LogP contribution in [-0.2, 0) is 17.9 Å². The van der Waals surface area contributed by atoms with Crippen LogP contribution in [0.15, 0.2) is 42.6 Å². The zero-order valence-electron chi connectivity index (χ0n) is 18.2. The van der Waals surface area contributed by atoms with E-state index in [4.69, 9.17) is 9.47 Å². The molecule has 1 aromatic heterocycles. The lowest BCUT2D eigenvalue weighted by atomic mass is 9.91. The van der Waals surface area contributed by atoms with E-state index in [1.807, 2.05) is 28.9 Å². The van der Waals surface area contributed by atoms with Crippen LogP contribution in [0.4, 0.5) is 5.69 Å². The molecule has 8 nitrogen and oxygen atoms in total. The maximum atomic E-state index is 11.4. The number of carbonyl (C=O) groups is 1. The second-order valence-electron chi connectivity index (χ2n) is 8.74. The number of nitrogens with one attached hydrogen (secondary N) is 1. The quantitative estimate of drug-likeness (QED) is 0.640. The Bertz CT molecular complexity index is 1130. The van der Waals surface area contributed by atoms with Crippen molar-refractivity contribution in [1.82, 2.24) is 14.7 Å². The zero-order chi connectivity index (χ0) is 22.1. The lowest BCUT2D eigenvalue weighted by Gasteiger charge is -2.38.